The van der Waals surface area contributed by atoms with E-state index < -0.39 is 0 Å². The second-order valence-corrected chi connectivity index (χ2v) is 7.25. The molecule has 0 bridgehead atoms. The predicted octanol–water partition coefficient (Wildman–Crippen LogP) is 2.93. The largest absolute Gasteiger partial charge is 0.372 e. The molecule has 2 aromatic heterocycles. The van der Waals surface area contributed by atoms with Gasteiger partial charge < -0.3 is 20.9 Å². The van der Waals surface area contributed by atoms with Crippen molar-refractivity contribution in [1.82, 2.24) is 19.9 Å². The lowest BCUT2D eigenvalue weighted by molar-refractivity contribution is -0.111. The Labute approximate surface area is 178 Å². The molecule has 10 heteroatoms. The van der Waals surface area contributed by atoms with Gasteiger partial charge in [0.25, 0.3) is 0 Å². The van der Waals surface area contributed by atoms with Gasteiger partial charge in [0, 0.05) is 37.3 Å². The fourth-order valence-electron chi connectivity index (χ4n) is 3.43. The topological polar surface area (TPSA) is 108 Å². The molecule has 1 aliphatic rings. The van der Waals surface area contributed by atoms with Crippen molar-refractivity contribution < 1.29 is 4.79 Å². The zero-order valence-corrected chi connectivity index (χ0v) is 17.1. The summed E-state index contributed by atoms with van der Waals surface area (Å²) in [7, 11) is 1.77. The zero-order chi connectivity index (χ0) is 21.1. The number of nitrogens with one attached hydrogen (secondary N) is 3. The zero-order valence-electron chi connectivity index (χ0n) is 16.4. The van der Waals surface area contributed by atoms with Crippen molar-refractivity contribution in [3.63, 3.8) is 0 Å². The number of hydrogen-bond donors (Lipinski definition) is 3. The van der Waals surface area contributed by atoms with Gasteiger partial charge >= 0.3 is 0 Å². The maximum absolute atomic E-state index is 11.5. The van der Waals surface area contributed by atoms with Gasteiger partial charge in [-0.3, -0.25) is 4.79 Å². The maximum atomic E-state index is 11.5. The molecule has 0 saturated carbocycles. The summed E-state index contributed by atoms with van der Waals surface area (Å²) in [5.41, 5.74) is 1.43. The second-order valence-electron chi connectivity index (χ2n) is 6.84. The highest BCUT2D eigenvalue weighted by Gasteiger charge is 2.25. The number of fused-ring (bicyclic) bond motifs is 1. The molecule has 3 aromatic rings. The highest BCUT2D eigenvalue weighted by Crippen LogP contribution is 2.29. The molecule has 1 aromatic carbocycles. The molecule has 1 saturated heterocycles. The third kappa shape index (κ3) is 4.11. The van der Waals surface area contributed by atoms with E-state index in [9.17, 15) is 4.79 Å². The Morgan fingerprint density at radius 1 is 1.33 bits per heavy atom. The second kappa shape index (κ2) is 8.50. The number of amides is 1. The molecule has 4 rings (SSSR count). The minimum atomic E-state index is -0.261. The van der Waals surface area contributed by atoms with E-state index in [2.05, 4.69) is 47.4 Å². The van der Waals surface area contributed by atoms with Gasteiger partial charge in [0.1, 0.15) is 23.0 Å². The molecule has 9 nitrogen and oxygen atoms in total. The van der Waals surface area contributed by atoms with E-state index in [1.165, 1.54) is 6.08 Å². The van der Waals surface area contributed by atoms with E-state index in [0.29, 0.717) is 22.5 Å². The summed E-state index contributed by atoms with van der Waals surface area (Å²) in [5, 5.41) is 10.5. The Balaban J connectivity index is 1.51. The van der Waals surface area contributed by atoms with E-state index in [1.807, 2.05) is 18.2 Å². The van der Waals surface area contributed by atoms with Crippen LogP contribution in [0, 0.1) is 0 Å². The third-order valence-corrected chi connectivity index (χ3v) is 5.15. The van der Waals surface area contributed by atoms with E-state index >= 15 is 0 Å². The number of hydrogen-bond acceptors (Lipinski definition) is 8. The molecular weight excluding hydrogens is 404 g/mol. The van der Waals surface area contributed by atoms with E-state index in [0.717, 1.165) is 36.2 Å². The van der Waals surface area contributed by atoms with Crippen molar-refractivity contribution >= 4 is 51.7 Å². The number of carbonyl (C=O) groups is 1. The summed E-state index contributed by atoms with van der Waals surface area (Å²) < 4.78 is 0. The standard InChI is InChI=1S/C20H21ClN8O/c1-3-17(30)26-12-4-5-14-16(8-12)24-11-25-19(14)29-7-6-13(10-29)27-20-23-9-15(21)18(22-2)28-20/h3-5,8-9,11,13H,1,6-7,10H2,2H3,(H,26,30)(H2,22,23,27,28). The van der Waals surface area contributed by atoms with Crippen molar-refractivity contribution in [3.05, 3.63) is 48.4 Å². The molecule has 0 radical (unpaired) electrons. The molecule has 0 aliphatic carbocycles. The predicted molar refractivity (Wildman–Crippen MR) is 119 cm³/mol. The molecule has 1 aliphatic heterocycles. The van der Waals surface area contributed by atoms with Gasteiger partial charge in [-0.25, -0.2) is 15.0 Å². The summed E-state index contributed by atoms with van der Waals surface area (Å²) in [6.45, 7) is 5.06. The van der Waals surface area contributed by atoms with Crippen LogP contribution in [-0.4, -0.2) is 52.0 Å². The van der Waals surface area contributed by atoms with Gasteiger partial charge in [0.2, 0.25) is 11.9 Å². The number of aromatic nitrogens is 4. The molecule has 1 amide bonds. The Kier molecular flexibility index (Phi) is 5.62. The highest BCUT2D eigenvalue weighted by atomic mass is 35.5. The first-order valence-corrected chi connectivity index (χ1v) is 9.85. The minimum absolute atomic E-state index is 0.173. The highest BCUT2D eigenvalue weighted by molar-refractivity contribution is 6.32. The van der Waals surface area contributed by atoms with Crippen LogP contribution in [0.3, 0.4) is 0 Å². The van der Waals surface area contributed by atoms with Crippen molar-refractivity contribution in [1.29, 1.82) is 0 Å². The average Bonchev–Trinajstić information content (AvgIpc) is 3.22. The van der Waals surface area contributed by atoms with Gasteiger partial charge in [-0.15, -0.1) is 0 Å². The Morgan fingerprint density at radius 2 is 2.20 bits per heavy atom. The fraction of sp³-hybridized carbons (Fsp3) is 0.250. The van der Waals surface area contributed by atoms with Crippen molar-refractivity contribution in [3.8, 4) is 0 Å². The van der Waals surface area contributed by atoms with Crippen LogP contribution in [0.25, 0.3) is 10.9 Å². The Morgan fingerprint density at radius 3 is 3.00 bits per heavy atom. The summed E-state index contributed by atoms with van der Waals surface area (Å²) in [6.07, 6.45) is 5.27. The van der Waals surface area contributed by atoms with Crippen LogP contribution in [0.5, 0.6) is 0 Å². The Bertz CT molecular complexity index is 1110. The van der Waals surface area contributed by atoms with Gasteiger partial charge in [-0.05, 0) is 30.7 Å². The number of halogens is 1. The summed E-state index contributed by atoms with van der Waals surface area (Å²) in [4.78, 5) is 31.2. The van der Waals surface area contributed by atoms with Crippen LogP contribution in [0.1, 0.15) is 6.42 Å². The van der Waals surface area contributed by atoms with Crippen molar-refractivity contribution in [2.75, 3.05) is 41.0 Å². The van der Waals surface area contributed by atoms with E-state index in [4.69, 9.17) is 11.6 Å². The molecule has 3 N–H and O–H groups in total. The molecule has 1 atom stereocenters. The average molecular weight is 425 g/mol. The maximum Gasteiger partial charge on any atom is 0.247 e. The number of rotatable bonds is 6. The van der Waals surface area contributed by atoms with E-state index in [-0.39, 0.29) is 11.9 Å². The molecule has 1 fully saturated rings. The van der Waals surface area contributed by atoms with Crippen molar-refractivity contribution in [2.45, 2.75) is 12.5 Å². The SMILES string of the molecule is C=CC(=O)Nc1ccc2c(N3CCC(Nc4ncc(Cl)c(NC)n4)C3)ncnc2c1. The van der Waals surface area contributed by atoms with Crippen molar-refractivity contribution in [2.24, 2.45) is 0 Å². The molecule has 1 unspecified atom stereocenters. The monoisotopic (exact) mass is 424 g/mol. The van der Waals surface area contributed by atoms with Crippen LogP contribution < -0.4 is 20.9 Å². The number of carbonyl (C=O) groups excluding carboxylic acids is 1. The van der Waals surface area contributed by atoms with Crippen LogP contribution >= 0.6 is 11.6 Å². The quantitative estimate of drug-likeness (QED) is 0.518. The van der Waals surface area contributed by atoms with Crippen LogP contribution in [-0.2, 0) is 4.79 Å². The summed E-state index contributed by atoms with van der Waals surface area (Å²) in [5.74, 6) is 1.72. The number of anilines is 4. The lowest BCUT2D eigenvalue weighted by atomic mass is 10.2. The van der Waals surface area contributed by atoms with Gasteiger partial charge in [-0.1, -0.05) is 18.2 Å². The van der Waals surface area contributed by atoms with Gasteiger partial charge in [0.05, 0.1) is 11.7 Å². The number of benzene rings is 1. The van der Waals surface area contributed by atoms with Crippen LogP contribution in [0.2, 0.25) is 5.02 Å². The smallest absolute Gasteiger partial charge is 0.247 e. The fourth-order valence-corrected chi connectivity index (χ4v) is 3.62. The lowest BCUT2D eigenvalue weighted by Gasteiger charge is -2.19. The summed E-state index contributed by atoms with van der Waals surface area (Å²) >= 11 is 6.05. The van der Waals surface area contributed by atoms with Crippen LogP contribution in [0.4, 0.5) is 23.3 Å². The van der Waals surface area contributed by atoms with E-state index in [1.54, 1.807) is 19.6 Å². The molecule has 154 valence electrons. The van der Waals surface area contributed by atoms with Gasteiger partial charge in [-0.2, -0.15) is 4.98 Å². The lowest BCUT2D eigenvalue weighted by Crippen LogP contribution is -2.27. The first-order valence-electron chi connectivity index (χ1n) is 9.47. The number of nitrogens with zero attached hydrogens (tertiary/aromatic N) is 5. The first-order chi connectivity index (χ1) is 14.6. The van der Waals surface area contributed by atoms with Gasteiger partial charge in [0.15, 0.2) is 0 Å². The normalized spacial score (nSPS) is 15.8. The molecule has 0 spiro atoms. The Hall–Kier alpha value is -3.46. The molecule has 3 heterocycles. The van der Waals surface area contributed by atoms with Crippen LogP contribution in [0.15, 0.2) is 43.4 Å². The molecular formula is C20H21ClN8O. The first kappa shape index (κ1) is 19.8. The minimum Gasteiger partial charge on any atom is -0.372 e. The summed E-state index contributed by atoms with van der Waals surface area (Å²) in [6, 6.07) is 5.76. The molecule has 30 heavy (non-hydrogen) atoms. The third-order valence-electron chi connectivity index (χ3n) is 4.87.